The number of esters is 1. The fourth-order valence-corrected chi connectivity index (χ4v) is 4.93. The van der Waals surface area contributed by atoms with Crippen LogP contribution in [0.3, 0.4) is 0 Å². The summed E-state index contributed by atoms with van der Waals surface area (Å²) in [7, 11) is -3.89. The lowest BCUT2D eigenvalue weighted by molar-refractivity contribution is -0.145. The Morgan fingerprint density at radius 2 is 2.06 bits per heavy atom. The van der Waals surface area contributed by atoms with Crippen molar-refractivity contribution < 1.29 is 27.9 Å². The third-order valence-electron chi connectivity index (χ3n) is 5.13. The maximum Gasteiger partial charge on any atom is 0.459 e. The van der Waals surface area contributed by atoms with Gasteiger partial charge in [0, 0.05) is 0 Å². The van der Waals surface area contributed by atoms with Crippen LogP contribution in [0.5, 0.6) is 5.75 Å². The van der Waals surface area contributed by atoms with E-state index in [0.29, 0.717) is 23.5 Å². The quantitative estimate of drug-likeness (QED) is 0.322. The van der Waals surface area contributed by atoms with Gasteiger partial charge in [0.2, 0.25) is 0 Å². The first kappa shape index (κ1) is 24.2. The molecule has 1 aliphatic heterocycles. The number of rotatable bonds is 10. The Bertz CT molecular complexity index is 1170. The van der Waals surface area contributed by atoms with E-state index in [0.717, 1.165) is 12.1 Å². The van der Waals surface area contributed by atoms with E-state index in [2.05, 4.69) is 15.2 Å². The molecule has 1 fully saturated rings. The highest BCUT2D eigenvalue weighted by Gasteiger charge is 2.34. The Morgan fingerprint density at radius 3 is 2.82 bits per heavy atom. The maximum absolute atomic E-state index is 13.4. The topological polar surface area (TPSA) is 139 Å². The normalized spacial score (nSPS) is 19.9. The van der Waals surface area contributed by atoms with Crippen molar-refractivity contribution >= 4 is 25.1 Å². The molecule has 3 heterocycles. The maximum atomic E-state index is 13.4. The van der Waals surface area contributed by atoms with Crippen molar-refractivity contribution in [1.82, 2.24) is 19.7 Å². The molecule has 4 rings (SSSR count). The number of fused-ring (bicyclic) bond motifs is 1. The summed E-state index contributed by atoms with van der Waals surface area (Å²) in [6.45, 7) is 3.15. The number of nitrogens with one attached hydrogen (secondary N) is 1. The first-order valence-corrected chi connectivity index (χ1v) is 12.5. The average Bonchev–Trinajstić information content (AvgIpc) is 3.44. The molecule has 0 bridgehead atoms. The Kier molecular flexibility index (Phi) is 7.47. The molecule has 1 aromatic carbocycles. The molecule has 11 nitrogen and oxygen atoms in total. The van der Waals surface area contributed by atoms with E-state index in [-0.39, 0.29) is 31.5 Å². The molecule has 3 unspecified atom stereocenters. The van der Waals surface area contributed by atoms with Gasteiger partial charge in [0.15, 0.2) is 5.82 Å². The monoisotopic (exact) mass is 489 g/mol. The second-order valence-corrected chi connectivity index (χ2v) is 9.85. The zero-order valence-electron chi connectivity index (χ0n) is 19.0. The summed E-state index contributed by atoms with van der Waals surface area (Å²) in [5.74, 6) is 0.173. The van der Waals surface area contributed by atoms with Crippen molar-refractivity contribution in [2.45, 2.75) is 45.0 Å². The van der Waals surface area contributed by atoms with Gasteiger partial charge in [-0.2, -0.15) is 5.10 Å². The molecule has 3 N–H and O–H groups in total. The van der Waals surface area contributed by atoms with Crippen molar-refractivity contribution in [1.29, 1.82) is 0 Å². The molecule has 2 aromatic heterocycles. The molecule has 3 atom stereocenters. The van der Waals surface area contributed by atoms with Crippen LogP contribution in [0.1, 0.15) is 38.5 Å². The predicted molar refractivity (Wildman–Crippen MR) is 124 cm³/mol. The minimum Gasteiger partial charge on any atom is -0.462 e. The Morgan fingerprint density at radius 1 is 1.26 bits per heavy atom. The summed E-state index contributed by atoms with van der Waals surface area (Å²) in [5, 5.41) is 6.85. The standard InChI is InChI=1S/C22H28N5O6P/c1-15(2)31-21(28)12-26-34(29,33-16-6-4-3-5-7-16)30-13-17-8-11-20(32-17)18-9-10-19-22(23)24-14-25-27(18)19/h3-7,9-10,14-15,17,20H,8,11-13H2,1-2H3,(H,26,29)(H2,23,24,25). The third-order valence-corrected chi connectivity index (χ3v) is 6.62. The molecule has 34 heavy (non-hydrogen) atoms. The summed E-state index contributed by atoms with van der Waals surface area (Å²) >= 11 is 0. The van der Waals surface area contributed by atoms with Gasteiger partial charge in [-0.25, -0.2) is 19.2 Å². The second-order valence-electron chi connectivity index (χ2n) is 8.10. The van der Waals surface area contributed by atoms with Gasteiger partial charge in [-0.3, -0.25) is 9.32 Å². The van der Waals surface area contributed by atoms with E-state index >= 15 is 0 Å². The average molecular weight is 489 g/mol. The van der Waals surface area contributed by atoms with Crippen LogP contribution in [0, 0.1) is 0 Å². The number of aromatic nitrogens is 3. The molecule has 0 aliphatic carbocycles. The first-order chi connectivity index (χ1) is 16.3. The van der Waals surface area contributed by atoms with Crippen molar-refractivity contribution in [3.63, 3.8) is 0 Å². The highest BCUT2D eigenvalue weighted by atomic mass is 31.2. The van der Waals surface area contributed by atoms with Gasteiger partial charge in [0.1, 0.15) is 30.2 Å². The van der Waals surface area contributed by atoms with E-state index in [9.17, 15) is 9.36 Å². The van der Waals surface area contributed by atoms with E-state index < -0.39 is 13.7 Å². The van der Waals surface area contributed by atoms with Crippen LogP contribution < -0.4 is 15.3 Å². The molecule has 0 saturated carbocycles. The fourth-order valence-electron chi connectivity index (χ4n) is 3.63. The molecule has 0 radical (unpaired) electrons. The molecule has 0 spiro atoms. The van der Waals surface area contributed by atoms with Crippen molar-refractivity contribution in [3.8, 4) is 5.75 Å². The van der Waals surface area contributed by atoms with Crippen LogP contribution in [0.15, 0.2) is 48.8 Å². The Hall–Kier alpha value is -2.98. The fraction of sp³-hybridized carbons (Fsp3) is 0.409. The largest absolute Gasteiger partial charge is 0.462 e. The number of nitrogens with zero attached hydrogens (tertiary/aromatic N) is 3. The number of carbonyl (C=O) groups excluding carboxylic acids is 1. The summed E-state index contributed by atoms with van der Waals surface area (Å²) in [6, 6.07) is 12.3. The van der Waals surface area contributed by atoms with Crippen LogP contribution in [0.25, 0.3) is 5.52 Å². The lowest BCUT2D eigenvalue weighted by Gasteiger charge is -2.22. The molecule has 182 valence electrons. The smallest absolute Gasteiger partial charge is 0.459 e. The molecular weight excluding hydrogens is 461 g/mol. The van der Waals surface area contributed by atoms with Crippen molar-refractivity contribution in [2.75, 3.05) is 18.9 Å². The number of benzene rings is 1. The van der Waals surface area contributed by atoms with Gasteiger partial charge in [0.25, 0.3) is 0 Å². The SMILES string of the molecule is CC(C)OC(=O)CNP(=O)(OCC1CCC(c2ccc3c(N)ncnn23)O1)Oc1ccccc1. The van der Waals surface area contributed by atoms with Crippen LogP contribution in [-0.2, 0) is 23.4 Å². The second kappa shape index (κ2) is 10.5. The molecule has 0 amide bonds. The molecule has 3 aromatic rings. The minimum absolute atomic E-state index is 0.00721. The Balaban J connectivity index is 1.40. The molecule has 1 aliphatic rings. The number of para-hydroxylation sites is 1. The molecule has 1 saturated heterocycles. The summed E-state index contributed by atoms with van der Waals surface area (Å²) in [4.78, 5) is 16.0. The predicted octanol–water partition coefficient (Wildman–Crippen LogP) is 3.28. The lowest BCUT2D eigenvalue weighted by atomic mass is 10.1. The number of nitrogens with two attached hydrogens (primary N) is 1. The number of hydrogen-bond acceptors (Lipinski definition) is 9. The van der Waals surface area contributed by atoms with Crippen LogP contribution in [0.4, 0.5) is 5.82 Å². The zero-order valence-corrected chi connectivity index (χ0v) is 19.9. The highest BCUT2D eigenvalue weighted by molar-refractivity contribution is 7.52. The summed E-state index contributed by atoms with van der Waals surface area (Å²) < 4.78 is 37.6. The number of ether oxygens (including phenoxy) is 2. The van der Waals surface area contributed by atoms with E-state index in [1.54, 1.807) is 42.6 Å². The van der Waals surface area contributed by atoms with Gasteiger partial charge >= 0.3 is 13.7 Å². The zero-order chi connectivity index (χ0) is 24.1. The highest BCUT2D eigenvalue weighted by Crippen LogP contribution is 2.45. The number of carbonyl (C=O) groups is 1. The number of nitrogen functional groups attached to an aromatic ring is 1. The number of anilines is 1. The van der Waals surface area contributed by atoms with Gasteiger partial charge in [0.05, 0.1) is 24.5 Å². The summed E-state index contributed by atoms with van der Waals surface area (Å²) in [5.41, 5.74) is 7.47. The lowest BCUT2D eigenvalue weighted by Crippen LogP contribution is -2.28. The molecular formula is C22H28N5O6P. The van der Waals surface area contributed by atoms with Gasteiger partial charge < -0.3 is 19.7 Å². The van der Waals surface area contributed by atoms with E-state index in [1.165, 1.54) is 6.33 Å². The van der Waals surface area contributed by atoms with Gasteiger partial charge in [-0.05, 0) is 51.0 Å². The first-order valence-electron chi connectivity index (χ1n) is 11.0. The van der Waals surface area contributed by atoms with Crippen LogP contribution in [-0.4, -0.2) is 45.9 Å². The van der Waals surface area contributed by atoms with E-state index in [1.807, 2.05) is 18.2 Å². The number of hydrogen-bond donors (Lipinski definition) is 2. The summed E-state index contributed by atoms with van der Waals surface area (Å²) in [6.07, 6.45) is 1.95. The minimum atomic E-state index is -3.89. The van der Waals surface area contributed by atoms with Crippen molar-refractivity contribution in [3.05, 3.63) is 54.5 Å². The van der Waals surface area contributed by atoms with Gasteiger partial charge in [-0.1, -0.05) is 18.2 Å². The van der Waals surface area contributed by atoms with Crippen LogP contribution in [0.2, 0.25) is 0 Å². The van der Waals surface area contributed by atoms with Gasteiger partial charge in [-0.15, -0.1) is 0 Å². The molecule has 12 heteroatoms. The van der Waals surface area contributed by atoms with E-state index in [4.69, 9.17) is 24.3 Å². The van der Waals surface area contributed by atoms with Crippen LogP contribution >= 0.6 is 7.75 Å². The van der Waals surface area contributed by atoms with Crippen molar-refractivity contribution in [2.24, 2.45) is 0 Å². The third kappa shape index (κ3) is 5.92. The Labute approximate surface area is 197 Å².